The van der Waals surface area contributed by atoms with Gasteiger partial charge >= 0.3 is 12.1 Å². The number of hydrogen-bond donors (Lipinski definition) is 3. The molecule has 6 saturated heterocycles. The van der Waals surface area contributed by atoms with Crippen LogP contribution in [0.4, 0.5) is 19.4 Å². The number of imide groups is 1. The number of anilines is 1. The molecule has 6 aliphatic heterocycles. The summed E-state index contributed by atoms with van der Waals surface area (Å²) in [5, 5.41) is 31.5. The SMILES string of the molecule is CCc1c(F)ccc2cc(O)cc(-c3ncc4c(N5CCC[C@@](C)(O)C5)nc(OCC56CCCN5C(COC(=O)N5CCC(CN7CCC(c8ccc9c(C%10CCC(=O)NC%10=O)nn(C)c9c8)CC7)CC5)CC6)nc4c3F)c12. The number of fused-ring (bicyclic) bond motifs is 4. The van der Waals surface area contributed by atoms with Crippen molar-refractivity contribution in [3.63, 3.8) is 0 Å². The number of aromatic nitrogens is 5. The maximum atomic E-state index is 17.3. The Hall–Kier alpha value is -6.57. The van der Waals surface area contributed by atoms with Crippen molar-refractivity contribution in [1.29, 1.82) is 0 Å². The van der Waals surface area contributed by atoms with E-state index in [1.54, 1.807) is 13.0 Å². The molecule has 6 aromatic rings. The van der Waals surface area contributed by atoms with E-state index in [0.29, 0.717) is 91.1 Å². The quantitative estimate of drug-likeness (QED) is 0.0993. The van der Waals surface area contributed by atoms with E-state index in [9.17, 15) is 24.6 Å². The zero-order valence-corrected chi connectivity index (χ0v) is 44.9. The lowest BCUT2D eigenvalue weighted by Crippen LogP contribution is -2.49. The first-order valence-corrected chi connectivity index (χ1v) is 28.3. The molecule has 9 heterocycles. The number of nitrogens with zero attached hydrogens (tertiary/aromatic N) is 9. The fraction of sp³-hybridized carbons (Fsp3) is 0.542. The molecule has 3 N–H and O–H groups in total. The highest BCUT2D eigenvalue weighted by atomic mass is 19.1. The number of likely N-dealkylation sites (tertiary alicyclic amines) is 2. The fourth-order valence-electron chi connectivity index (χ4n) is 14.1. The summed E-state index contributed by atoms with van der Waals surface area (Å²) in [5.41, 5.74) is 2.22. The van der Waals surface area contributed by atoms with Crippen molar-refractivity contribution in [2.45, 2.75) is 126 Å². The number of benzene rings is 3. The van der Waals surface area contributed by atoms with Gasteiger partial charge < -0.3 is 34.4 Å². The van der Waals surface area contributed by atoms with Crippen LogP contribution in [0.3, 0.4) is 0 Å². The van der Waals surface area contributed by atoms with Gasteiger partial charge in [-0.15, -0.1) is 0 Å². The monoisotopic (exact) mass is 1070 g/mol. The Morgan fingerprint density at radius 1 is 0.910 bits per heavy atom. The summed E-state index contributed by atoms with van der Waals surface area (Å²) in [6.07, 6.45) is 11.1. The predicted molar refractivity (Wildman–Crippen MR) is 290 cm³/mol. The second kappa shape index (κ2) is 20.9. The average molecular weight is 1070 g/mol. The van der Waals surface area contributed by atoms with Crippen LogP contribution in [0.25, 0.3) is 43.8 Å². The van der Waals surface area contributed by atoms with Gasteiger partial charge in [0.2, 0.25) is 11.8 Å². The van der Waals surface area contributed by atoms with Gasteiger partial charge in [-0.05, 0) is 162 Å². The maximum absolute atomic E-state index is 17.3. The minimum Gasteiger partial charge on any atom is -0.508 e. The van der Waals surface area contributed by atoms with Crippen LogP contribution in [0.15, 0.2) is 48.7 Å². The molecule has 3 amide bonds. The predicted octanol–water partition coefficient (Wildman–Crippen LogP) is 8.25. The highest BCUT2D eigenvalue weighted by molar-refractivity contribution is 6.03. The largest absolute Gasteiger partial charge is 0.508 e. The first-order chi connectivity index (χ1) is 37.6. The Balaban J connectivity index is 0.663. The summed E-state index contributed by atoms with van der Waals surface area (Å²) in [6.45, 7) is 10.2. The lowest BCUT2D eigenvalue weighted by atomic mass is 9.87. The first-order valence-electron chi connectivity index (χ1n) is 28.3. The lowest BCUT2D eigenvalue weighted by Gasteiger charge is -2.38. The van der Waals surface area contributed by atoms with Crippen LogP contribution in [0.1, 0.15) is 120 Å². The van der Waals surface area contributed by atoms with Gasteiger partial charge in [0.15, 0.2) is 5.82 Å². The average Bonchev–Trinajstić information content (AvgIpc) is 4.22. The molecule has 78 heavy (non-hydrogen) atoms. The normalized spacial score (nSPS) is 24.9. The van der Waals surface area contributed by atoms with Crippen LogP contribution in [0, 0.1) is 17.6 Å². The van der Waals surface area contributed by atoms with Crippen molar-refractivity contribution in [3.8, 4) is 23.0 Å². The number of phenols is 1. The Labute approximate surface area is 452 Å². The molecule has 17 nitrogen and oxygen atoms in total. The number of rotatable bonds is 12. The van der Waals surface area contributed by atoms with Crippen molar-refractivity contribution >= 4 is 56.3 Å². The fourth-order valence-corrected chi connectivity index (χ4v) is 14.1. The van der Waals surface area contributed by atoms with Crippen LogP contribution in [-0.4, -0.2) is 150 Å². The lowest BCUT2D eigenvalue weighted by molar-refractivity contribution is -0.134. The van der Waals surface area contributed by atoms with Gasteiger partial charge in [-0.2, -0.15) is 15.1 Å². The highest BCUT2D eigenvalue weighted by Crippen LogP contribution is 2.44. The highest BCUT2D eigenvalue weighted by Gasteiger charge is 2.50. The molecule has 0 aliphatic carbocycles. The van der Waals surface area contributed by atoms with Crippen molar-refractivity contribution < 1.29 is 42.9 Å². The molecule has 0 bridgehead atoms. The Bertz CT molecular complexity index is 3320. The van der Waals surface area contributed by atoms with Crippen LogP contribution >= 0.6 is 0 Å². The number of aliphatic hydroxyl groups is 1. The van der Waals surface area contributed by atoms with E-state index in [-0.39, 0.29) is 77.8 Å². The molecular formula is C59H70F2N10O7. The molecule has 3 aromatic carbocycles. The van der Waals surface area contributed by atoms with E-state index in [0.717, 1.165) is 94.1 Å². The van der Waals surface area contributed by atoms with Crippen molar-refractivity contribution in [1.82, 2.24) is 44.7 Å². The molecule has 0 saturated carbocycles. The number of aryl methyl sites for hydroxylation is 2. The van der Waals surface area contributed by atoms with E-state index < -0.39 is 23.2 Å². The van der Waals surface area contributed by atoms with Crippen LogP contribution in [-0.2, 0) is 27.8 Å². The molecule has 0 radical (unpaired) electrons. The molecule has 3 unspecified atom stereocenters. The third-order valence-corrected chi connectivity index (χ3v) is 18.2. The molecule has 12 rings (SSSR count). The number of hydrogen-bond acceptors (Lipinski definition) is 14. The minimum atomic E-state index is -0.998. The summed E-state index contributed by atoms with van der Waals surface area (Å²) in [5.74, 6) is -0.856. The van der Waals surface area contributed by atoms with Crippen LogP contribution in [0.2, 0.25) is 0 Å². The van der Waals surface area contributed by atoms with Gasteiger partial charge in [0.05, 0.1) is 33.7 Å². The molecule has 4 atom stereocenters. The topological polar surface area (TPSA) is 192 Å². The second-order valence-corrected chi connectivity index (χ2v) is 23.4. The molecule has 19 heteroatoms. The summed E-state index contributed by atoms with van der Waals surface area (Å²) >= 11 is 0. The Morgan fingerprint density at radius 3 is 2.50 bits per heavy atom. The number of carbonyl (C=O) groups excluding carboxylic acids is 3. The third kappa shape index (κ3) is 9.88. The van der Waals surface area contributed by atoms with E-state index >= 15 is 8.78 Å². The number of ether oxygens (including phenoxy) is 2. The zero-order chi connectivity index (χ0) is 54.0. The number of amides is 3. The Kier molecular flexibility index (Phi) is 14.0. The number of piperidine rings is 4. The van der Waals surface area contributed by atoms with Crippen molar-refractivity contribution in [2.75, 3.05) is 70.5 Å². The summed E-state index contributed by atoms with van der Waals surface area (Å²) in [7, 11) is 1.92. The van der Waals surface area contributed by atoms with Gasteiger partial charge in [-0.1, -0.05) is 25.1 Å². The Morgan fingerprint density at radius 2 is 1.72 bits per heavy atom. The summed E-state index contributed by atoms with van der Waals surface area (Å²) < 4.78 is 47.0. The van der Waals surface area contributed by atoms with Gasteiger partial charge in [0.1, 0.15) is 41.8 Å². The van der Waals surface area contributed by atoms with Gasteiger partial charge in [0.25, 0.3) is 0 Å². The number of aromatic hydroxyl groups is 1. The molecule has 6 aliphatic rings. The maximum Gasteiger partial charge on any atom is 0.409 e. The number of carbonyl (C=O) groups is 3. The molecule has 412 valence electrons. The molecule has 0 spiro atoms. The van der Waals surface area contributed by atoms with Crippen LogP contribution in [0.5, 0.6) is 11.8 Å². The molecule has 6 fully saturated rings. The number of halogens is 2. The summed E-state index contributed by atoms with van der Waals surface area (Å²) in [6, 6.07) is 12.4. The number of nitrogens with one attached hydrogen (secondary N) is 1. The van der Waals surface area contributed by atoms with Crippen molar-refractivity contribution in [3.05, 3.63) is 77.1 Å². The van der Waals surface area contributed by atoms with Crippen LogP contribution < -0.4 is 15.0 Å². The molecular weight excluding hydrogens is 999 g/mol. The van der Waals surface area contributed by atoms with E-state index in [4.69, 9.17) is 24.5 Å². The minimum absolute atomic E-state index is 0.00705. The number of pyridine rings is 1. The van der Waals surface area contributed by atoms with E-state index in [1.807, 2.05) is 28.5 Å². The van der Waals surface area contributed by atoms with E-state index in [2.05, 4.69) is 38.3 Å². The summed E-state index contributed by atoms with van der Waals surface area (Å²) in [4.78, 5) is 61.0. The van der Waals surface area contributed by atoms with Gasteiger partial charge in [0, 0.05) is 69.4 Å². The smallest absolute Gasteiger partial charge is 0.409 e. The second-order valence-electron chi connectivity index (χ2n) is 23.4. The third-order valence-electron chi connectivity index (χ3n) is 18.2. The zero-order valence-electron chi connectivity index (χ0n) is 44.9. The number of β-amino-alcohol motifs (C(OH)–C–C–N with tert-alkyl or cyclic N) is 1. The number of phenolic OH excluding ortho intramolecular Hbond substituents is 1. The first kappa shape index (κ1) is 52.1. The van der Waals surface area contributed by atoms with Crippen molar-refractivity contribution in [2.24, 2.45) is 13.0 Å². The molecule has 3 aromatic heterocycles. The van der Waals surface area contributed by atoms with E-state index in [1.165, 1.54) is 30.0 Å². The van der Waals surface area contributed by atoms with Gasteiger partial charge in [-0.3, -0.25) is 29.5 Å². The van der Waals surface area contributed by atoms with Gasteiger partial charge in [-0.25, -0.2) is 13.6 Å². The standard InChI is InChI=1S/C59H70F2N10O7/c1-4-41-46(60)11-8-38-27-40(72)29-44(49(38)41)52-50(61)53-45(30-62-52)54(70-21-5-18-58(2,76)33-70)65-56(64-53)78-34-59-19-6-22-71(59)39(13-20-59)32-77-57(75)69-25-14-35(15-26-69)31-68-23-16-36(17-24-68)37-7-9-42-47(28-37)67(3)66-51(42)43-10-12-48(73)63-55(43)74/h7-9,11,27-30,35-36,39,43,72,76H,4-6,10,12-26,31-34H2,1-3H3,(H,63,73,74)/t39?,43?,58-,59?/m1/s1.